The molecule has 1 amide bonds. The van der Waals surface area contributed by atoms with Crippen LogP contribution in [0.2, 0.25) is 0 Å². The molecule has 0 radical (unpaired) electrons. The molecule has 1 N–H and O–H groups in total. The van der Waals surface area contributed by atoms with Crippen LogP contribution in [0.25, 0.3) is 0 Å². The van der Waals surface area contributed by atoms with Gasteiger partial charge in [0, 0.05) is 35.9 Å². The van der Waals surface area contributed by atoms with Crippen LogP contribution in [0, 0.1) is 13.8 Å². The highest BCUT2D eigenvalue weighted by Crippen LogP contribution is 2.28. The highest BCUT2D eigenvalue weighted by molar-refractivity contribution is 7.89. The van der Waals surface area contributed by atoms with E-state index in [4.69, 9.17) is 9.52 Å². The molecule has 8 nitrogen and oxygen atoms in total. The summed E-state index contributed by atoms with van der Waals surface area (Å²) >= 11 is 1.44. The van der Waals surface area contributed by atoms with Crippen molar-refractivity contribution in [2.45, 2.75) is 18.7 Å². The molecular weight excluding hydrogens is 380 g/mol. The Morgan fingerprint density at radius 2 is 1.73 bits per heavy atom. The third-order valence-corrected chi connectivity index (χ3v) is 7.29. The fourth-order valence-electron chi connectivity index (χ4n) is 2.86. The lowest BCUT2D eigenvalue weighted by molar-refractivity contribution is 0.0632. The van der Waals surface area contributed by atoms with Gasteiger partial charge in [0.1, 0.15) is 0 Å². The van der Waals surface area contributed by atoms with Crippen molar-refractivity contribution in [3.63, 3.8) is 0 Å². The van der Waals surface area contributed by atoms with Crippen LogP contribution in [0.4, 0.5) is 0 Å². The summed E-state index contributed by atoms with van der Waals surface area (Å²) in [6.07, 6.45) is 0. The summed E-state index contributed by atoms with van der Waals surface area (Å²) in [5.74, 6) is -2.07. The van der Waals surface area contributed by atoms with E-state index in [9.17, 15) is 18.0 Å². The second kappa shape index (κ2) is 6.86. The number of hydrogen-bond acceptors (Lipinski definition) is 6. The van der Waals surface area contributed by atoms with Gasteiger partial charge in [0.15, 0.2) is 5.76 Å². The minimum Gasteiger partial charge on any atom is -0.475 e. The van der Waals surface area contributed by atoms with Crippen LogP contribution in [0.15, 0.2) is 27.5 Å². The van der Waals surface area contributed by atoms with Gasteiger partial charge in [0.2, 0.25) is 15.8 Å². The minimum atomic E-state index is -3.59. The average molecular weight is 398 g/mol. The molecule has 26 heavy (non-hydrogen) atoms. The number of sulfonamides is 1. The molecule has 10 heteroatoms. The number of amides is 1. The predicted molar refractivity (Wildman–Crippen MR) is 94.1 cm³/mol. The van der Waals surface area contributed by atoms with Gasteiger partial charge in [0.05, 0.1) is 4.90 Å². The van der Waals surface area contributed by atoms with Gasteiger partial charge in [-0.05, 0) is 32.0 Å². The van der Waals surface area contributed by atoms with E-state index in [1.54, 1.807) is 13.0 Å². The van der Waals surface area contributed by atoms with E-state index in [-0.39, 0.29) is 37.7 Å². The summed E-state index contributed by atoms with van der Waals surface area (Å²) in [6, 6.07) is 4.20. The van der Waals surface area contributed by atoms with Crippen LogP contribution in [0.3, 0.4) is 0 Å². The molecule has 1 saturated heterocycles. The number of aromatic carboxylic acids is 1. The Kier molecular flexibility index (Phi) is 4.91. The predicted octanol–water partition coefficient (Wildman–Crippen LogP) is 1.80. The Balaban J connectivity index is 1.69. The quantitative estimate of drug-likeness (QED) is 0.841. The first-order chi connectivity index (χ1) is 12.2. The van der Waals surface area contributed by atoms with Crippen molar-refractivity contribution in [3.8, 4) is 0 Å². The van der Waals surface area contributed by atoms with Gasteiger partial charge in [-0.3, -0.25) is 4.79 Å². The molecular formula is C16H18N2O6S2. The van der Waals surface area contributed by atoms with Crippen molar-refractivity contribution in [2.24, 2.45) is 0 Å². The van der Waals surface area contributed by atoms with Crippen LogP contribution < -0.4 is 0 Å². The van der Waals surface area contributed by atoms with E-state index in [1.165, 1.54) is 32.7 Å². The standard InChI is InChI=1S/C16H18N2O6S2/c1-10-9-14(11(2)25-10)26(22,23)18-7-5-17(6-8-18)15(19)12-3-4-13(24-12)16(20)21/h3-4,9H,5-8H2,1-2H3,(H,20,21). The third-order valence-electron chi connectivity index (χ3n) is 4.17. The summed E-state index contributed by atoms with van der Waals surface area (Å²) in [5, 5.41) is 8.86. The zero-order valence-corrected chi connectivity index (χ0v) is 15.9. The number of carboxylic acid groups (broad SMARTS) is 1. The average Bonchev–Trinajstić information content (AvgIpc) is 3.21. The first-order valence-corrected chi connectivity index (χ1v) is 10.2. The van der Waals surface area contributed by atoms with Gasteiger partial charge in [-0.2, -0.15) is 4.31 Å². The van der Waals surface area contributed by atoms with E-state index in [0.717, 1.165) is 9.75 Å². The molecule has 0 atom stereocenters. The second-order valence-corrected chi connectivity index (χ2v) is 9.31. The Hall–Kier alpha value is -2.17. The number of hydrogen-bond donors (Lipinski definition) is 1. The lowest BCUT2D eigenvalue weighted by Gasteiger charge is -2.33. The Morgan fingerprint density at radius 3 is 2.23 bits per heavy atom. The largest absolute Gasteiger partial charge is 0.475 e. The summed E-state index contributed by atoms with van der Waals surface area (Å²) in [5.41, 5.74) is 0. The molecule has 1 aliphatic rings. The first kappa shape index (κ1) is 18.6. The van der Waals surface area contributed by atoms with Gasteiger partial charge in [-0.15, -0.1) is 11.3 Å². The number of carbonyl (C=O) groups is 2. The van der Waals surface area contributed by atoms with Gasteiger partial charge in [-0.25, -0.2) is 13.2 Å². The SMILES string of the molecule is Cc1cc(S(=O)(=O)N2CCN(C(=O)c3ccc(C(=O)O)o3)CC2)c(C)s1. The number of carbonyl (C=O) groups excluding carboxylic acids is 1. The number of aryl methyl sites for hydroxylation is 2. The number of thiophene rings is 1. The fraction of sp³-hybridized carbons (Fsp3) is 0.375. The van der Waals surface area contributed by atoms with Gasteiger partial charge in [0.25, 0.3) is 5.91 Å². The van der Waals surface area contributed by atoms with Crippen molar-refractivity contribution >= 4 is 33.2 Å². The van der Waals surface area contributed by atoms with Gasteiger partial charge >= 0.3 is 5.97 Å². The molecule has 0 spiro atoms. The number of carboxylic acids is 1. The number of piperazine rings is 1. The Bertz CT molecular complexity index is 951. The van der Waals surface area contributed by atoms with E-state index >= 15 is 0 Å². The highest BCUT2D eigenvalue weighted by Gasteiger charge is 2.32. The van der Waals surface area contributed by atoms with Crippen LogP contribution in [0.5, 0.6) is 0 Å². The molecule has 1 fully saturated rings. The summed E-state index contributed by atoms with van der Waals surface area (Å²) in [7, 11) is -3.59. The van der Waals surface area contributed by atoms with Crippen LogP contribution >= 0.6 is 11.3 Å². The molecule has 3 rings (SSSR count). The van der Waals surface area contributed by atoms with Gasteiger partial charge in [-0.1, -0.05) is 0 Å². The zero-order chi connectivity index (χ0) is 19.1. The molecule has 0 aromatic carbocycles. The molecule has 3 heterocycles. The molecule has 2 aromatic heterocycles. The Labute approximate surface area is 154 Å². The van der Waals surface area contributed by atoms with Crippen LogP contribution in [-0.2, 0) is 10.0 Å². The van der Waals surface area contributed by atoms with Gasteiger partial charge < -0.3 is 14.4 Å². The van der Waals surface area contributed by atoms with Crippen molar-refractivity contribution in [3.05, 3.63) is 39.5 Å². The third kappa shape index (κ3) is 3.39. The maximum Gasteiger partial charge on any atom is 0.371 e. The minimum absolute atomic E-state index is 0.0667. The van der Waals surface area contributed by atoms with Crippen molar-refractivity contribution < 1.29 is 27.5 Å². The van der Waals surface area contributed by atoms with E-state index in [1.807, 2.05) is 6.92 Å². The maximum atomic E-state index is 12.8. The molecule has 0 bridgehead atoms. The number of furan rings is 1. The summed E-state index contributed by atoms with van der Waals surface area (Å²) in [6.45, 7) is 4.42. The smallest absolute Gasteiger partial charge is 0.371 e. The summed E-state index contributed by atoms with van der Waals surface area (Å²) in [4.78, 5) is 26.7. The molecule has 0 unspecified atom stereocenters. The maximum absolute atomic E-state index is 12.8. The van der Waals surface area contributed by atoms with E-state index in [0.29, 0.717) is 4.90 Å². The van der Waals surface area contributed by atoms with Crippen molar-refractivity contribution in [1.82, 2.24) is 9.21 Å². The zero-order valence-electron chi connectivity index (χ0n) is 14.3. The fourth-order valence-corrected chi connectivity index (χ4v) is 5.80. The molecule has 140 valence electrons. The highest BCUT2D eigenvalue weighted by atomic mass is 32.2. The molecule has 0 aliphatic carbocycles. The van der Waals surface area contributed by atoms with Crippen molar-refractivity contribution in [2.75, 3.05) is 26.2 Å². The lowest BCUT2D eigenvalue weighted by Crippen LogP contribution is -2.50. The van der Waals surface area contributed by atoms with Crippen LogP contribution in [-0.4, -0.2) is 60.8 Å². The van der Waals surface area contributed by atoms with Crippen molar-refractivity contribution in [1.29, 1.82) is 0 Å². The number of rotatable bonds is 4. The molecule has 2 aromatic rings. The summed E-state index contributed by atoms with van der Waals surface area (Å²) < 4.78 is 32.0. The number of nitrogens with zero attached hydrogens (tertiary/aromatic N) is 2. The lowest BCUT2D eigenvalue weighted by atomic mass is 10.3. The molecule has 0 saturated carbocycles. The first-order valence-electron chi connectivity index (χ1n) is 7.89. The van der Waals surface area contributed by atoms with E-state index < -0.39 is 21.9 Å². The molecule has 1 aliphatic heterocycles. The normalized spacial score (nSPS) is 16.0. The second-order valence-electron chi connectivity index (χ2n) is 5.94. The van der Waals surface area contributed by atoms with E-state index in [2.05, 4.69) is 0 Å². The van der Waals surface area contributed by atoms with Crippen LogP contribution in [0.1, 0.15) is 30.9 Å². The monoisotopic (exact) mass is 398 g/mol. The topological polar surface area (TPSA) is 108 Å². The Morgan fingerprint density at radius 1 is 1.12 bits per heavy atom.